The van der Waals surface area contributed by atoms with E-state index < -0.39 is 5.97 Å². The smallest absolute Gasteiger partial charge is 0.306 e. The van der Waals surface area contributed by atoms with Gasteiger partial charge >= 0.3 is 5.97 Å². The number of rotatable bonds is 10. The normalized spacial score (nSPS) is 21.5. The number of carboxylic acids is 1. The molecule has 0 bridgehead atoms. The van der Waals surface area contributed by atoms with Crippen LogP contribution in [0.25, 0.3) is 0 Å². The molecule has 1 N–H and O–H groups in total. The third-order valence-electron chi connectivity index (χ3n) is 5.84. The fraction of sp³-hybridized carbons (Fsp3) is 0.682. The highest BCUT2D eigenvalue weighted by atomic mass is 16.4. The Morgan fingerprint density at radius 2 is 1.83 bits per heavy atom. The molecular formula is C22H34O2. The van der Waals surface area contributed by atoms with Crippen LogP contribution in [0.3, 0.4) is 0 Å². The largest absolute Gasteiger partial charge is 0.481 e. The third-order valence-corrected chi connectivity index (χ3v) is 5.84. The van der Waals surface area contributed by atoms with Crippen LogP contribution in [0.1, 0.15) is 95.1 Å². The molecule has 2 heteroatoms. The number of unbranched alkanes of at least 4 members (excludes halogenated alkanes) is 2. The minimum atomic E-state index is -0.594. The van der Waals surface area contributed by atoms with Crippen molar-refractivity contribution in [1.82, 2.24) is 0 Å². The van der Waals surface area contributed by atoms with Crippen LogP contribution in [-0.2, 0) is 4.79 Å². The van der Waals surface area contributed by atoms with E-state index in [4.69, 9.17) is 0 Å². The van der Waals surface area contributed by atoms with E-state index in [0.29, 0.717) is 17.8 Å². The van der Waals surface area contributed by atoms with E-state index in [2.05, 4.69) is 45.0 Å². The Balaban J connectivity index is 1.85. The molecule has 0 radical (unpaired) electrons. The van der Waals surface area contributed by atoms with Crippen LogP contribution in [0.2, 0.25) is 0 Å². The molecule has 0 spiro atoms. The molecule has 2 rings (SSSR count). The van der Waals surface area contributed by atoms with Crippen molar-refractivity contribution in [3.63, 3.8) is 0 Å². The van der Waals surface area contributed by atoms with E-state index in [1.165, 1.54) is 24.0 Å². The lowest BCUT2D eigenvalue weighted by Gasteiger charge is -2.38. The van der Waals surface area contributed by atoms with Crippen molar-refractivity contribution in [3.05, 3.63) is 35.4 Å². The number of hydrogen-bond acceptors (Lipinski definition) is 1. The molecule has 0 amide bonds. The van der Waals surface area contributed by atoms with E-state index in [0.717, 1.165) is 38.5 Å². The lowest BCUT2D eigenvalue weighted by atomic mass is 9.67. The fourth-order valence-corrected chi connectivity index (χ4v) is 3.93. The summed E-state index contributed by atoms with van der Waals surface area (Å²) in [4.78, 5) is 11.5. The first-order chi connectivity index (χ1) is 11.5. The van der Waals surface area contributed by atoms with Crippen molar-refractivity contribution < 1.29 is 9.90 Å². The Hall–Kier alpha value is -1.31. The average molecular weight is 331 g/mol. The van der Waals surface area contributed by atoms with Gasteiger partial charge in [0.05, 0.1) is 5.92 Å². The van der Waals surface area contributed by atoms with Gasteiger partial charge in [0.25, 0.3) is 0 Å². The summed E-state index contributed by atoms with van der Waals surface area (Å²) in [7, 11) is 0. The van der Waals surface area contributed by atoms with Crippen LogP contribution in [0.4, 0.5) is 0 Å². The number of hydrogen-bond donors (Lipinski definition) is 1. The molecule has 24 heavy (non-hydrogen) atoms. The first-order valence-corrected chi connectivity index (χ1v) is 9.85. The summed E-state index contributed by atoms with van der Waals surface area (Å²) in [5.74, 6) is 1.18. The second-order valence-corrected chi connectivity index (χ2v) is 7.87. The predicted molar refractivity (Wildman–Crippen MR) is 100 cm³/mol. The van der Waals surface area contributed by atoms with Crippen molar-refractivity contribution in [2.45, 2.75) is 84.0 Å². The van der Waals surface area contributed by atoms with Crippen LogP contribution >= 0.6 is 0 Å². The highest BCUT2D eigenvalue weighted by Crippen LogP contribution is 2.45. The Morgan fingerprint density at radius 1 is 1.12 bits per heavy atom. The number of carbonyl (C=O) groups is 1. The van der Waals surface area contributed by atoms with E-state index in [9.17, 15) is 9.90 Å². The SMILES string of the molecule is CCCCCC(CCC1CCC1c1ccc(C(C)C)cc1)C(=O)O. The lowest BCUT2D eigenvalue weighted by molar-refractivity contribution is -0.142. The zero-order valence-electron chi connectivity index (χ0n) is 15.6. The molecule has 1 aromatic carbocycles. The van der Waals surface area contributed by atoms with Crippen LogP contribution in [0, 0.1) is 11.8 Å². The summed E-state index contributed by atoms with van der Waals surface area (Å²) in [6.07, 6.45) is 8.66. The molecule has 1 aliphatic carbocycles. The van der Waals surface area contributed by atoms with Gasteiger partial charge in [0.1, 0.15) is 0 Å². The summed E-state index contributed by atoms with van der Waals surface area (Å²) in [6.45, 7) is 6.62. The van der Waals surface area contributed by atoms with Gasteiger partial charge in [0.15, 0.2) is 0 Å². The van der Waals surface area contributed by atoms with Crippen molar-refractivity contribution in [1.29, 1.82) is 0 Å². The van der Waals surface area contributed by atoms with Crippen LogP contribution < -0.4 is 0 Å². The average Bonchev–Trinajstić information content (AvgIpc) is 2.52. The fourth-order valence-electron chi connectivity index (χ4n) is 3.93. The first kappa shape index (κ1) is 19.0. The molecule has 3 atom stereocenters. The van der Waals surface area contributed by atoms with Crippen molar-refractivity contribution in [2.24, 2.45) is 11.8 Å². The van der Waals surface area contributed by atoms with Crippen molar-refractivity contribution in [3.8, 4) is 0 Å². The molecule has 1 aliphatic rings. The van der Waals surface area contributed by atoms with Crippen molar-refractivity contribution >= 4 is 5.97 Å². The Labute approximate surface area is 147 Å². The number of aliphatic carboxylic acids is 1. The van der Waals surface area contributed by atoms with E-state index >= 15 is 0 Å². The molecule has 1 fully saturated rings. The standard InChI is InChI=1S/C22H34O2/c1-4-5-6-7-20(22(23)24)13-12-19-14-15-21(19)18-10-8-17(9-11-18)16(2)3/h8-11,16,19-21H,4-7,12-15H2,1-3H3,(H,23,24). The molecular weight excluding hydrogens is 296 g/mol. The maximum atomic E-state index is 11.5. The lowest BCUT2D eigenvalue weighted by Crippen LogP contribution is -2.25. The van der Waals surface area contributed by atoms with Gasteiger partial charge in [-0.25, -0.2) is 0 Å². The monoisotopic (exact) mass is 330 g/mol. The molecule has 0 saturated heterocycles. The zero-order chi connectivity index (χ0) is 17.5. The predicted octanol–water partition coefficient (Wildman–Crippen LogP) is 6.36. The molecule has 1 aromatic rings. The van der Waals surface area contributed by atoms with Gasteiger partial charge in [-0.3, -0.25) is 4.79 Å². The van der Waals surface area contributed by atoms with Gasteiger partial charge in [0.2, 0.25) is 0 Å². The second kappa shape index (κ2) is 9.25. The Kier molecular flexibility index (Phi) is 7.33. The van der Waals surface area contributed by atoms with Gasteiger partial charge in [-0.05, 0) is 61.0 Å². The highest BCUT2D eigenvalue weighted by Gasteiger charge is 2.32. The van der Waals surface area contributed by atoms with Gasteiger partial charge in [-0.15, -0.1) is 0 Å². The summed E-state index contributed by atoms with van der Waals surface area (Å²) in [5, 5.41) is 9.44. The molecule has 1 saturated carbocycles. The van der Waals surface area contributed by atoms with Crippen molar-refractivity contribution in [2.75, 3.05) is 0 Å². The van der Waals surface area contributed by atoms with Crippen LogP contribution in [0.5, 0.6) is 0 Å². The quantitative estimate of drug-likeness (QED) is 0.506. The van der Waals surface area contributed by atoms with Gasteiger partial charge in [-0.1, -0.05) is 64.3 Å². The summed E-state index contributed by atoms with van der Waals surface area (Å²) in [6, 6.07) is 9.12. The summed E-state index contributed by atoms with van der Waals surface area (Å²) >= 11 is 0. The maximum Gasteiger partial charge on any atom is 0.306 e. The van der Waals surface area contributed by atoms with Gasteiger partial charge < -0.3 is 5.11 Å². The minimum absolute atomic E-state index is 0.138. The van der Waals surface area contributed by atoms with Crippen LogP contribution in [0.15, 0.2) is 24.3 Å². The Bertz CT molecular complexity index is 503. The zero-order valence-corrected chi connectivity index (χ0v) is 15.6. The second-order valence-electron chi connectivity index (χ2n) is 7.87. The molecule has 134 valence electrons. The molecule has 0 aromatic heterocycles. The van der Waals surface area contributed by atoms with E-state index in [-0.39, 0.29) is 5.92 Å². The first-order valence-electron chi connectivity index (χ1n) is 9.85. The number of carboxylic acid groups (broad SMARTS) is 1. The molecule has 3 unspecified atom stereocenters. The maximum absolute atomic E-state index is 11.5. The molecule has 0 aliphatic heterocycles. The molecule has 2 nitrogen and oxygen atoms in total. The highest BCUT2D eigenvalue weighted by molar-refractivity contribution is 5.69. The van der Waals surface area contributed by atoms with E-state index in [1.54, 1.807) is 0 Å². The Morgan fingerprint density at radius 3 is 2.33 bits per heavy atom. The van der Waals surface area contributed by atoms with Gasteiger partial charge in [0, 0.05) is 0 Å². The topological polar surface area (TPSA) is 37.3 Å². The molecule has 0 heterocycles. The van der Waals surface area contributed by atoms with Crippen LogP contribution in [-0.4, -0.2) is 11.1 Å². The summed E-state index contributed by atoms with van der Waals surface area (Å²) < 4.78 is 0. The minimum Gasteiger partial charge on any atom is -0.481 e. The van der Waals surface area contributed by atoms with E-state index in [1.807, 2.05) is 0 Å². The summed E-state index contributed by atoms with van der Waals surface area (Å²) in [5.41, 5.74) is 2.85. The van der Waals surface area contributed by atoms with Gasteiger partial charge in [-0.2, -0.15) is 0 Å². The number of benzene rings is 1. The third kappa shape index (κ3) is 5.09.